The van der Waals surface area contributed by atoms with Crippen molar-refractivity contribution < 1.29 is 4.42 Å². The highest BCUT2D eigenvalue weighted by Crippen LogP contribution is 2.35. The molecule has 0 N–H and O–H groups in total. The predicted octanol–water partition coefficient (Wildman–Crippen LogP) is 4.02. The molecule has 2 atom stereocenters. The van der Waals surface area contributed by atoms with Crippen molar-refractivity contribution >= 4 is 6.08 Å². The van der Waals surface area contributed by atoms with Gasteiger partial charge in [-0.05, 0) is 36.3 Å². The quantitative estimate of drug-likeness (QED) is 0.695. The van der Waals surface area contributed by atoms with Crippen LogP contribution in [0.15, 0.2) is 23.7 Å². The Bertz CT molecular complexity index is 411. The summed E-state index contributed by atoms with van der Waals surface area (Å²) in [5, 5.41) is 0. The number of rotatable bonds is 3. The van der Waals surface area contributed by atoms with E-state index in [1.54, 1.807) is 0 Å². The summed E-state index contributed by atoms with van der Waals surface area (Å²) in [4.78, 5) is 0. The minimum absolute atomic E-state index is 0.716. The predicted molar refractivity (Wildman–Crippen MR) is 68.4 cm³/mol. The van der Waals surface area contributed by atoms with Gasteiger partial charge in [-0.15, -0.1) is 6.58 Å². The molecule has 0 amide bonds. The van der Waals surface area contributed by atoms with E-state index in [0.29, 0.717) is 5.92 Å². The molecule has 0 spiro atoms. The van der Waals surface area contributed by atoms with Crippen molar-refractivity contribution in [1.82, 2.24) is 0 Å². The van der Waals surface area contributed by atoms with Gasteiger partial charge in [0, 0.05) is 12.0 Å². The lowest BCUT2D eigenvalue weighted by Crippen LogP contribution is -2.20. The Kier molecular flexibility index (Phi) is 3.04. The van der Waals surface area contributed by atoms with Crippen molar-refractivity contribution in [2.24, 2.45) is 11.8 Å². The smallest absolute Gasteiger partial charge is 0.130 e. The number of allylic oxidation sites excluding steroid dienone is 1. The average molecular weight is 216 g/mol. The fourth-order valence-electron chi connectivity index (χ4n) is 2.52. The van der Waals surface area contributed by atoms with Gasteiger partial charge in [0.1, 0.15) is 11.5 Å². The Hall–Kier alpha value is -1.24. The molecule has 1 aliphatic carbocycles. The van der Waals surface area contributed by atoms with Crippen molar-refractivity contribution in [3.8, 4) is 0 Å². The summed E-state index contributed by atoms with van der Waals surface area (Å²) in [7, 11) is 0. The van der Waals surface area contributed by atoms with Gasteiger partial charge in [-0.25, -0.2) is 0 Å². The maximum Gasteiger partial charge on any atom is 0.130 e. The standard InChI is InChI=1S/C15H20O/c1-5-7-12-13-8-10(3)11(4)9-15(13)16-14(12)6-2/h5-6,10-11H,1-2,7-9H2,3-4H3. The van der Waals surface area contributed by atoms with E-state index < -0.39 is 0 Å². The van der Waals surface area contributed by atoms with Gasteiger partial charge in [-0.2, -0.15) is 0 Å². The maximum absolute atomic E-state index is 5.89. The van der Waals surface area contributed by atoms with Crippen LogP contribution in [-0.2, 0) is 19.3 Å². The summed E-state index contributed by atoms with van der Waals surface area (Å²) < 4.78 is 5.89. The van der Waals surface area contributed by atoms with Crippen LogP contribution in [0.5, 0.6) is 0 Å². The first-order valence-electron chi connectivity index (χ1n) is 6.04. The molecule has 0 bridgehead atoms. The Morgan fingerprint density at radius 2 is 1.94 bits per heavy atom. The molecular formula is C15H20O. The van der Waals surface area contributed by atoms with E-state index >= 15 is 0 Å². The molecule has 1 nitrogen and oxygen atoms in total. The van der Waals surface area contributed by atoms with Crippen LogP contribution in [0.25, 0.3) is 6.08 Å². The van der Waals surface area contributed by atoms with Crippen molar-refractivity contribution in [3.05, 3.63) is 41.9 Å². The minimum atomic E-state index is 0.716. The molecule has 86 valence electrons. The third-order valence-corrected chi connectivity index (χ3v) is 3.77. The molecule has 1 aliphatic rings. The van der Waals surface area contributed by atoms with Crippen molar-refractivity contribution in [2.75, 3.05) is 0 Å². The first-order valence-corrected chi connectivity index (χ1v) is 6.04. The first kappa shape index (κ1) is 11.3. The van der Waals surface area contributed by atoms with Crippen LogP contribution in [0, 0.1) is 11.8 Å². The maximum atomic E-state index is 5.89. The zero-order chi connectivity index (χ0) is 11.7. The first-order chi connectivity index (χ1) is 7.67. The SMILES string of the molecule is C=CCc1c(C=C)oc2c1CC(C)C(C)C2. The number of hydrogen-bond donors (Lipinski definition) is 0. The zero-order valence-corrected chi connectivity index (χ0v) is 10.3. The van der Waals surface area contributed by atoms with E-state index in [9.17, 15) is 0 Å². The lowest BCUT2D eigenvalue weighted by molar-refractivity contribution is 0.324. The van der Waals surface area contributed by atoms with Crippen LogP contribution in [0.2, 0.25) is 0 Å². The van der Waals surface area contributed by atoms with Crippen LogP contribution in [0.1, 0.15) is 36.5 Å². The van der Waals surface area contributed by atoms with Crippen LogP contribution in [0.4, 0.5) is 0 Å². The van der Waals surface area contributed by atoms with Gasteiger partial charge in [0.2, 0.25) is 0 Å². The molecule has 0 radical (unpaired) electrons. The molecule has 1 aromatic heterocycles. The minimum Gasteiger partial charge on any atom is -0.461 e. The van der Waals surface area contributed by atoms with Gasteiger partial charge in [-0.3, -0.25) is 0 Å². The second-order valence-electron chi connectivity index (χ2n) is 4.91. The molecule has 0 saturated heterocycles. The van der Waals surface area contributed by atoms with E-state index in [2.05, 4.69) is 27.0 Å². The monoisotopic (exact) mass is 216 g/mol. The van der Waals surface area contributed by atoms with E-state index in [0.717, 1.165) is 30.9 Å². The Morgan fingerprint density at radius 3 is 2.56 bits per heavy atom. The summed E-state index contributed by atoms with van der Waals surface area (Å²) in [5.41, 5.74) is 2.72. The van der Waals surface area contributed by atoms with Gasteiger partial charge in [0.15, 0.2) is 0 Å². The Morgan fingerprint density at radius 1 is 1.25 bits per heavy atom. The second kappa shape index (κ2) is 4.32. The number of furan rings is 1. The molecule has 0 aromatic carbocycles. The van der Waals surface area contributed by atoms with E-state index in [4.69, 9.17) is 4.42 Å². The van der Waals surface area contributed by atoms with E-state index in [-0.39, 0.29) is 0 Å². The number of hydrogen-bond acceptors (Lipinski definition) is 1. The second-order valence-corrected chi connectivity index (χ2v) is 4.91. The van der Waals surface area contributed by atoms with Crippen LogP contribution in [0.3, 0.4) is 0 Å². The largest absolute Gasteiger partial charge is 0.461 e. The normalized spacial score (nSPS) is 23.9. The fraction of sp³-hybridized carbons (Fsp3) is 0.467. The van der Waals surface area contributed by atoms with Crippen molar-refractivity contribution in [2.45, 2.75) is 33.1 Å². The molecule has 0 fully saturated rings. The highest BCUT2D eigenvalue weighted by molar-refractivity contribution is 5.51. The van der Waals surface area contributed by atoms with Crippen molar-refractivity contribution in [1.29, 1.82) is 0 Å². The molecule has 1 heteroatoms. The third kappa shape index (κ3) is 1.75. The van der Waals surface area contributed by atoms with Gasteiger partial charge < -0.3 is 4.42 Å². The Labute approximate surface area is 97.9 Å². The average Bonchev–Trinajstić information content (AvgIpc) is 2.58. The van der Waals surface area contributed by atoms with Gasteiger partial charge in [-0.1, -0.05) is 26.5 Å². The fourth-order valence-corrected chi connectivity index (χ4v) is 2.52. The van der Waals surface area contributed by atoms with Crippen LogP contribution < -0.4 is 0 Å². The summed E-state index contributed by atoms with van der Waals surface area (Å²) in [6.07, 6.45) is 6.86. The topological polar surface area (TPSA) is 13.1 Å². The summed E-state index contributed by atoms with van der Waals surface area (Å²) in [5.74, 6) is 3.59. The Balaban J connectivity index is 2.45. The third-order valence-electron chi connectivity index (χ3n) is 3.77. The van der Waals surface area contributed by atoms with Crippen LogP contribution >= 0.6 is 0 Å². The highest BCUT2D eigenvalue weighted by Gasteiger charge is 2.28. The summed E-state index contributed by atoms with van der Waals surface area (Å²) in [6.45, 7) is 12.3. The molecule has 0 saturated carbocycles. The lowest BCUT2D eigenvalue weighted by atomic mass is 9.79. The van der Waals surface area contributed by atoms with Gasteiger partial charge in [0.05, 0.1) is 0 Å². The summed E-state index contributed by atoms with van der Waals surface area (Å²) in [6, 6.07) is 0. The van der Waals surface area contributed by atoms with Gasteiger partial charge in [0.25, 0.3) is 0 Å². The van der Waals surface area contributed by atoms with Crippen molar-refractivity contribution in [3.63, 3.8) is 0 Å². The van der Waals surface area contributed by atoms with E-state index in [1.807, 2.05) is 12.2 Å². The van der Waals surface area contributed by atoms with E-state index in [1.165, 1.54) is 16.9 Å². The molecule has 2 unspecified atom stereocenters. The molecule has 0 aliphatic heterocycles. The highest BCUT2D eigenvalue weighted by atomic mass is 16.3. The lowest BCUT2D eigenvalue weighted by Gasteiger charge is -2.25. The zero-order valence-electron chi connectivity index (χ0n) is 10.3. The molecule has 1 aromatic rings. The number of fused-ring (bicyclic) bond motifs is 1. The molecule has 1 heterocycles. The van der Waals surface area contributed by atoms with Crippen LogP contribution in [-0.4, -0.2) is 0 Å². The molecule has 16 heavy (non-hydrogen) atoms. The van der Waals surface area contributed by atoms with Gasteiger partial charge >= 0.3 is 0 Å². The molecule has 2 rings (SSSR count). The summed E-state index contributed by atoms with van der Waals surface area (Å²) >= 11 is 0. The molecular weight excluding hydrogens is 196 g/mol.